The van der Waals surface area contributed by atoms with E-state index in [1.807, 2.05) is 6.07 Å². The molecule has 1 aromatic heterocycles. The quantitative estimate of drug-likeness (QED) is 0.814. The first-order valence-electron chi connectivity index (χ1n) is 5.91. The summed E-state index contributed by atoms with van der Waals surface area (Å²) in [6, 6.07) is 1.81. The number of carbonyl (C=O) groups is 1. The maximum atomic E-state index is 11.9. The van der Waals surface area contributed by atoms with E-state index in [1.54, 1.807) is 12.4 Å². The highest BCUT2D eigenvalue weighted by molar-refractivity contribution is 6.31. The number of hydrogen-bond donors (Lipinski definition) is 0. The van der Waals surface area contributed by atoms with Crippen molar-refractivity contribution < 1.29 is 4.79 Å². The van der Waals surface area contributed by atoms with Gasteiger partial charge in [-0.15, -0.1) is 0 Å². The summed E-state index contributed by atoms with van der Waals surface area (Å²) < 4.78 is 0. The van der Waals surface area contributed by atoms with Crippen LogP contribution in [0.25, 0.3) is 0 Å². The van der Waals surface area contributed by atoms with Gasteiger partial charge in [0.25, 0.3) is 0 Å². The average molecular weight is 254 g/mol. The highest BCUT2D eigenvalue weighted by atomic mass is 35.5. The van der Waals surface area contributed by atoms with E-state index in [0.29, 0.717) is 23.8 Å². The predicted molar refractivity (Wildman–Crippen MR) is 71.2 cm³/mol. The number of halogens is 1. The number of pyridine rings is 1. The Hall–Kier alpha value is -0.890. The van der Waals surface area contributed by atoms with Crippen molar-refractivity contribution >= 4 is 17.4 Å². The Bertz CT molecular complexity index is 395. The molecule has 0 radical (unpaired) electrons. The van der Waals surface area contributed by atoms with Gasteiger partial charge in [-0.3, -0.25) is 9.78 Å². The number of rotatable bonds is 4. The monoisotopic (exact) mass is 253 g/mol. The summed E-state index contributed by atoms with van der Waals surface area (Å²) in [5, 5.41) is 0.573. The minimum atomic E-state index is 0.164. The Kier molecular flexibility index (Phi) is 4.70. The molecule has 0 N–H and O–H groups in total. The summed E-state index contributed by atoms with van der Waals surface area (Å²) in [5.74, 6) is 0.608. The molecule has 0 aliphatic carbocycles. The van der Waals surface area contributed by atoms with Gasteiger partial charge in [-0.2, -0.15) is 0 Å². The lowest BCUT2D eigenvalue weighted by Gasteiger charge is -2.26. The maximum Gasteiger partial charge on any atom is 0.137 e. The molecule has 1 atom stereocenters. The van der Waals surface area contributed by atoms with E-state index in [1.165, 1.54) is 0 Å². The zero-order valence-electron chi connectivity index (χ0n) is 11.0. The number of ketones is 1. The predicted octanol–water partition coefficient (Wildman–Crippen LogP) is 3.92. The van der Waals surface area contributed by atoms with Gasteiger partial charge in [-0.1, -0.05) is 39.3 Å². The van der Waals surface area contributed by atoms with Gasteiger partial charge in [-0.25, -0.2) is 0 Å². The molecular formula is C14H20ClNO. The molecule has 3 heteroatoms. The fraction of sp³-hybridized carbons (Fsp3) is 0.571. The summed E-state index contributed by atoms with van der Waals surface area (Å²) in [6.45, 7) is 8.59. The van der Waals surface area contributed by atoms with Crippen molar-refractivity contribution in [3.63, 3.8) is 0 Å². The average Bonchev–Trinajstić information content (AvgIpc) is 2.20. The SMILES string of the molecule is CC(CC(=O)Cc1ccncc1Cl)C(C)(C)C. The van der Waals surface area contributed by atoms with Gasteiger partial charge >= 0.3 is 0 Å². The van der Waals surface area contributed by atoms with Crippen molar-refractivity contribution in [3.05, 3.63) is 29.0 Å². The van der Waals surface area contributed by atoms with Gasteiger partial charge in [0.2, 0.25) is 0 Å². The van der Waals surface area contributed by atoms with Crippen LogP contribution in [0.2, 0.25) is 5.02 Å². The lowest BCUT2D eigenvalue weighted by atomic mass is 9.79. The zero-order valence-corrected chi connectivity index (χ0v) is 11.7. The second kappa shape index (κ2) is 5.63. The minimum Gasteiger partial charge on any atom is -0.299 e. The standard InChI is InChI=1S/C14H20ClNO/c1-10(14(2,3)4)7-12(17)8-11-5-6-16-9-13(11)15/h5-6,9-10H,7-8H2,1-4H3. The molecule has 17 heavy (non-hydrogen) atoms. The first kappa shape index (κ1) is 14.2. The molecule has 0 spiro atoms. The molecule has 0 aliphatic rings. The number of carbonyl (C=O) groups excluding carboxylic acids is 1. The molecule has 94 valence electrons. The molecular weight excluding hydrogens is 234 g/mol. The molecule has 2 nitrogen and oxygen atoms in total. The largest absolute Gasteiger partial charge is 0.299 e. The molecule has 0 saturated carbocycles. The van der Waals surface area contributed by atoms with Crippen LogP contribution >= 0.6 is 11.6 Å². The third-order valence-corrected chi connectivity index (χ3v) is 3.60. The van der Waals surface area contributed by atoms with Crippen LogP contribution < -0.4 is 0 Å². The van der Waals surface area contributed by atoms with Crippen molar-refractivity contribution in [3.8, 4) is 0 Å². The van der Waals surface area contributed by atoms with Gasteiger partial charge in [0.1, 0.15) is 5.78 Å². The summed E-state index contributed by atoms with van der Waals surface area (Å²) >= 11 is 5.98. The number of aromatic nitrogens is 1. The first-order chi connectivity index (χ1) is 7.80. The van der Waals surface area contributed by atoms with E-state index in [9.17, 15) is 4.79 Å². The highest BCUT2D eigenvalue weighted by Gasteiger charge is 2.22. The molecule has 1 aromatic rings. The van der Waals surface area contributed by atoms with Crippen LogP contribution in [-0.4, -0.2) is 10.8 Å². The Morgan fingerprint density at radius 2 is 2.12 bits per heavy atom. The van der Waals surface area contributed by atoms with Crippen LogP contribution in [0.15, 0.2) is 18.5 Å². The third kappa shape index (κ3) is 4.47. The summed E-state index contributed by atoms with van der Waals surface area (Å²) in [7, 11) is 0. The Labute approximate surface area is 108 Å². The Morgan fingerprint density at radius 3 is 2.65 bits per heavy atom. The number of nitrogens with zero attached hydrogens (tertiary/aromatic N) is 1. The fourth-order valence-electron chi connectivity index (χ4n) is 1.48. The van der Waals surface area contributed by atoms with Crippen LogP contribution in [0.3, 0.4) is 0 Å². The molecule has 1 unspecified atom stereocenters. The van der Waals surface area contributed by atoms with Gasteiger partial charge in [0.05, 0.1) is 5.02 Å². The second-order valence-corrected chi connectivity index (χ2v) is 6.06. The Morgan fingerprint density at radius 1 is 1.47 bits per heavy atom. The summed E-state index contributed by atoms with van der Waals surface area (Å²) in [4.78, 5) is 15.9. The van der Waals surface area contributed by atoms with Crippen molar-refractivity contribution in [2.75, 3.05) is 0 Å². The van der Waals surface area contributed by atoms with E-state index >= 15 is 0 Å². The van der Waals surface area contributed by atoms with E-state index in [0.717, 1.165) is 5.56 Å². The van der Waals surface area contributed by atoms with E-state index < -0.39 is 0 Å². The second-order valence-electron chi connectivity index (χ2n) is 5.65. The van der Waals surface area contributed by atoms with Crippen LogP contribution in [0.1, 0.15) is 39.7 Å². The molecule has 0 saturated heterocycles. The topological polar surface area (TPSA) is 30.0 Å². The van der Waals surface area contributed by atoms with Crippen LogP contribution in [0.4, 0.5) is 0 Å². The van der Waals surface area contributed by atoms with E-state index in [2.05, 4.69) is 32.7 Å². The van der Waals surface area contributed by atoms with Crippen molar-refractivity contribution in [2.45, 2.75) is 40.5 Å². The maximum absolute atomic E-state index is 11.9. The van der Waals surface area contributed by atoms with Crippen molar-refractivity contribution in [1.82, 2.24) is 4.98 Å². The summed E-state index contributed by atoms with van der Waals surface area (Å²) in [5.41, 5.74) is 1.03. The third-order valence-electron chi connectivity index (χ3n) is 3.26. The van der Waals surface area contributed by atoms with Crippen molar-refractivity contribution in [2.24, 2.45) is 11.3 Å². The molecule has 0 bridgehead atoms. The van der Waals surface area contributed by atoms with Crippen LogP contribution in [0, 0.1) is 11.3 Å². The Balaban J connectivity index is 2.60. The zero-order chi connectivity index (χ0) is 13.1. The first-order valence-corrected chi connectivity index (χ1v) is 6.28. The fourth-order valence-corrected chi connectivity index (χ4v) is 1.67. The molecule has 1 rings (SSSR count). The van der Waals surface area contributed by atoms with Crippen LogP contribution in [-0.2, 0) is 11.2 Å². The number of hydrogen-bond acceptors (Lipinski definition) is 2. The molecule has 0 fully saturated rings. The van der Waals surface area contributed by atoms with E-state index in [4.69, 9.17) is 11.6 Å². The van der Waals surface area contributed by atoms with Crippen molar-refractivity contribution in [1.29, 1.82) is 0 Å². The van der Waals surface area contributed by atoms with Gasteiger partial charge < -0.3 is 0 Å². The molecule has 1 heterocycles. The molecule has 0 aliphatic heterocycles. The molecule has 0 aromatic carbocycles. The van der Waals surface area contributed by atoms with Gasteiger partial charge in [0, 0.05) is 25.2 Å². The lowest BCUT2D eigenvalue weighted by Crippen LogP contribution is -2.21. The van der Waals surface area contributed by atoms with Gasteiger partial charge in [-0.05, 0) is 23.0 Å². The molecule has 0 amide bonds. The normalized spacial score (nSPS) is 13.5. The van der Waals surface area contributed by atoms with Crippen LogP contribution in [0.5, 0.6) is 0 Å². The lowest BCUT2D eigenvalue weighted by molar-refractivity contribution is -0.120. The minimum absolute atomic E-state index is 0.164. The highest BCUT2D eigenvalue weighted by Crippen LogP contribution is 2.28. The van der Waals surface area contributed by atoms with E-state index in [-0.39, 0.29) is 11.2 Å². The smallest absolute Gasteiger partial charge is 0.137 e. The summed E-state index contributed by atoms with van der Waals surface area (Å²) in [6.07, 6.45) is 4.25. The number of Topliss-reactive ketones (excluding diaryl/α,β-unsaturated/α-hetero) is 1. The van der Waals surface area contributed by atoms with Gasteiger partial charge in [0.15, 0.2) is 0 Å².